The van der Waals surface area contributed by atoms with Crippen molar-refractivity contribution in [2.24, 2.45) is 0 Å². The van der Waals surface area contributed by atoms with Crippen LogP contribution in [0.1, 0.15) is 36.3 Å². The lowest BCUT2D eigenvalue weighted by molar-refractivity contribution is 0.0160. The van der Waals surface area contributed by atoms with Crippen molar-refractivity contribution >= 4 is 11.7 Å². The Morgan fingerprint density at radius 2 is 2.35 bits per heavy atom. The maximum Gasteiger partial charge on any atom is 0.355 e. The van der Waals surface area contributed by atoms with E-state index >= 15 is 0 Å². The Labute approximate surface area is 100 Å². The Balaban J connectivity index is 2.03. The Hall–Kier alpha value is -1.49. The highest BCUT2D eigenvalue weighted by Gasteiger charge is 2.28. The molecule has 1 saturated carbocycles. The molecule has 0 bridgehead atoms. The number of methoxy groups -OCH3 is 1. The Morgan fingerprint density at radius 3 is 2.94 bits per heavy atom. The molecule has 0 aromatic carbocycles. The number of esters is 1. The molecule has 1 unspecified atom stereocenters. The molecule has 5 nitrogen and oxygen atoms in total. The lowest BCUT2D eigenvalue weighted by Gasteiger charge is -2.11. The molecule has 1 heterocycles. The molecule has 0 aliphatic heterocycles. The highest BCUT2D eigenvalue weighted by molar-refractivity contribution is 5.89. The van der Waals surface area contributed by atoms with E-state index in [1.165, 1.54) is 0 Å². The second kappa shape index (κ2) is 4.79. The summed E-state index contributed by atoms with van der Waals surface area (Å²) in [7, 11) is 1.59. The summed E-state index contributed by atoms with van der Waals surface area (Å²) in [6, 6.07) is 2.08. The van der Waals surface area contributed by atoms with Gasteiger partial charge < -0.3 is 19.8 Å². The maximum atomic E-state index is 11.9. The van der Waals surface area contributed by atoms with Crippen LogP contribution in [0.15, 0.2) is 12.3 Å². The van der Waals surface area contributed by atoms with Crippen molar-refractivity contribution in [2.45, 2.75) is 31.9 Å². The zero-order valence-electron chi connectivity index (χ0n) is 10.2. The van der Waals surface area contributed by atoms with Gasteiger partial charge in [0.25, 0.3) is 0 Å². The van der Waals surface area contributed by atoms with Gasteiger partial charge >= 0.3 is 5.97 Å². The average Bonchev–Trinajstić information content (AvgIpc) is 3.09. The van der Waals surface area contributed by atoms with Gasteiger partial charge in [-0.1, -0.05) is 0 Å². The largest absolute Gasteiger partial charge is 0.458 e. The summed E-state index contributed by atoms with van der Waals surface area (Å²) in [5, 5.41) is 0. The van der Waals surface area contributed by atoms with Crippen LogP contribution in [-0.2, 0) is 9.47 Å². The van der Waals surface area contributed by atoms with Gasteiger partial charge in [0.05, 0.1) is 11.8 Å². The number of rotatable bonds is 5. The summed E-state index contributed by atoms with van der Waals surface area (Å²) in [5.41, 5.74) is 6.85. The van der Waals surface area contributed by atoms with E-state index in [4.69, 9.17) is 15.2 Å². The third-order valence-corrected chi connectivity index (χ3v) is 2.87. The van der Waals surface area contributed by atoms with E-state index in [-0.39, 0.29) is 18.7 Å². The van der Waals surface area contributed by atoms with Gasteiger partial charge in [0.1, 0.15) is 12.3 Å². The fourth-order valence-electron chi connectivity index (χ4n) is 1.65. The number of anilines is 1. The quantitative estimate of drug-likeness (QED) is 0.791. The normalized spacial score (nSPS) is 16.8. The molecule has 2 rings (SSSR count). The summed E-state index contributed by atoms with van der Waals surface area (Å²) >= 11 is 0. The lowest BCUT2D eigenvalue weighted by atomic mass is 10.4. The van der Waals surface area contributed by atoms with Gasteiger partial charge in [-0.2, -0.15) is 0 Å². The van der Waals surface area contributed by atoms with Gasteiger partial charge in [0, 0.05) is 19.3 Å². The second-order valence-electron chi connectivity index (χ2n) is 4.44. The first-order valence-electron chi connectivity index (χ1n) is 5.79. The number of carbonyl (C=O) groups excluding carboxylic acids is 1. The Bertz CT molecular complexity index is 410. The number of nitrogens with two attached hydrogens (primary N) is 1. The highest BCUT2D eigenvalue weighted by Crippen LogP contribution is 2.37. The molecule has 1 atom stereocenters. The fraction of sp³-hybridized carbons (Fsp3) is 0.583. The molecule has 0 spiro atoms. The van der Waals surface area contributed by atoms with Crippen LogP contribution in [-0.4, -0.2) is 30.4 Å². The van der Waals surface area contributed by atoms with Crippen LogP contribution in [0.4, 0.5) is 5.69 Å². The Kier molecular flexibility index (Phi) is 3.38. The first kappa shape index (κ1) is 12.0. The number of hydrogen-bond acceptors (Lipinski definition) is 4. The summed E-state index contributed by atoms with van der Waals surface area (Å²) in [6.45, 7) is 2.10. The first-order valence-corrected chi connectivity index (χ1v) is 5.79. The molecule has 0 radical (unpaired) electrons. The molecule has 1 aromatic heterocycles. The van der Waals surface area contributed by atoms with Crippen molar-refractivity contribution < 1.29 is 14.3 Å². The summed E-state index contributed by atoms with van der Waals surface area (Å²) < 4.78 is 12.1. The van der Waals surface area contributed by atoms with Crippen molar-refractivity contribution in [3.63, 3.8) is 0 Å². The van der Waals surface area contributed by atoms with E-state index in [0.29, 0.717) is 17.4 Å². The Morgan fingerprint density at radius 1 is 1.65 bits per heavy atom. The average molecular weight is 238 g/mol. The molecule has 1 fully saturated rings. The van der Waals surface area contributed by atoms with E-state index in [9.17, 15) is 4.79 Å². The third kappa shape index (κ3) is 2.79. The SMILES string of the molecule is COC(C)COC(=O)c1cc(N)cn1C1CC1. The lowest BCUT2D eigenvalue weighted by Crippen LogP contribution is -2.19. The number of ether oxygens (including phenoxy) is 2. The van der Waals surface area contributed by atoms with Crippen molar-refractivity contribution in [3.8, 4) is 0 Å². The topological polar surface area (TPSA) is 66.5 Å². The summed E-state index contributed by atoms with van der Waals surface area (Å²) in [6.07, 6.45) is 3.90. The molecule has 94 valence electrons. The number of carbonyl (C=O) groups is 1. The van der Waals surface area contributed by atoms with E-state index in [1.807, 2.05) is 11.5 Å². The predicted molar refractivity (Wildman–Crippen MR) is 63.9 cm³/mol. The molecule has 2 N–H and O–H groups in total. The number of hydrogen-bond donors (Lipinski definition) is 1. The number of nitrogen functional groups attached to an aromatic ring is 1. The van der Waals surface area contributed by atoms with Crippen LogP contribution < -0.4 is 5.73 Å². The molecular formula is C12H18N2O3. The minimum Gasteiger partial charge on any atom is -0.458 e. The van der Waals surface area contributed by atoms with E-state index < -0.39 is 0 Å². The standard InChI is InChI=1S/C12H18N2O3/c1-8(16-2)7-17-12(15)11-5-9(13)6-14(11)10-3-4-10/h5-6,8,10H,3-4,7,13H2,1-2H3. The van der Waals surface area contributed by atoms with E-state index in [0.717, 1.165) is 12.8 Å². The van der Waals surface area contributed by atoms with Crippen LogP contribution in [0.2, 0.25) is 0 Å². The molecular weight excluding hydrogens is 220 g/mol. The molecule has 1 aliphatic rings. The minimum atomic E-state index is -0.336. The minimum absolute atomic E-state index is 0.0966. The molecule has 1 aromatic rings. The molecule has 0 amide bonds. The van der Waals surface area contributed by atoms with Crippen LogP contribution in [0.3, 0.4) is 0 Å². The third-order valence-electron chi connectivity index (χ3n) is 2.87. The van der Waals surface area contributed by atoms with E-state index in [1.54, 1.807) is 19.4 Å². The molecule has 0 saturated heterocycles. The van der Waals surface area contributed by atoms with Crippen LogP contribution in [0.25, 0.3) is 0 Å². The zero-order chi connectivity index (χ0) is 12.4. The van der Waals surface area contributed by atoms with Crippen LogP contribution in [0.5, 0.6) is 0 Å². The van der Waals surface area contributed by atoms with Gasteiger partial charge in [0.15, 0.2) is 0 Å². The highest BCUT2D eigenvalue weighted by atomic mass is 16.6. The van der Waals surface area contributed by atoms with Gasteiger partial charge in [-0.05, 0) is 25.8 Å². The summed E-state index contributed by atoms with van der Waals surface area (Å²) in [4.78, 5) is 11.9. The maximum absolute atomic E-state index is 11.9. The second-order valence-corrected chi connectivity index (χ2v) is 4.44. The first-order chi connectivity index (χ1) is 8.11. The number of nitrogens with zero attached hydrogens (tertiary/aromatic N) is 1. The van der Waals surface area contributed by atoms with Crippen molar-refractivity contribution in [1.82, 2.24) is 4.57 Å². The van der Waals surface area contributed by atoms with Crippen LogP contribution >= 0.6 is 0 Å². The summed E-state index contributed by atoms with van der Waals surface area (Å²) in [5.74, 6) is -0.336. The molecule has 17 heavy (non-hydrogen) atoms. The van der Waals surface area contributed by atoms with Gasteiger partial charge in [-0.3, -0.25) is 0 Å². The molecule has 1 aliphatic carbocycles. The zero-order valence-corrected chi connectivity index (χ0v) is 10.2. The monoisotopic (exact) mass is 238 g/mol. The smallest absolute Gasteiger partial charge is 0.355 e. The fourth-order valence-corrected chi connectivity index (χ4v) is 1.65. The van der Waals surface area contributed by atoms with Crippen molar-refractivity contribution in [3.05, 3.63) is 18.0 Å². The van der Waals surface area contributed by atoms with E-state index in [2.05, 4.69) is 0 Å². The van der Waals surface area contributed by atoms with Crippen molar-refractivity contribution in [2.75, 3.05) is 19.5 Å². The van der Waals surface area contributed by atoms with Gasteiger partial charge in [-0.15, -0.1) is 0 Å². The number of aromatic nitrogens is 1. The van der Waals surface area contributed by atoms with Gasteiger partial charge in [-0.25, -0.2) is 4.79 Å². The predicted octanol–water partition coefficient (Wildman–Crippen LogP) is 1.60. The molecule has 5 heteroatoms. The van der Waals surface area contributed by atoms with Crippen molar-refractivity contribution in [1.29, 1.82) is 0 Å². The van der Waals surface area contributed by atoms with Crippen LogP contribution in [0, 0.1) is 0 Å². The van der Waals surface area contributed by atoms with Gasteiger partial charge in [0.2, 0.25) is 0 Å².